The molecule has 0 spiro atoms. The van der Waals surface area contributed by atoms with E-state index in [0.717, 1.165) is 16.9 Å². The maximum absolute atomic E-state index is 12.2. The van der Waals surface area contributed by atoms with Crippen molar-refractivity contribution in [2.45, 2.75) is 19.4 Å². The summed E-state index contributed by atoms with van der Waals surface area (Å²) in [6.45, 7) is 0.936. The number of carbonyl (C=O) groups excluding carboxylic acids is 1. The second-order valence-electron chi connectivity index (χ2n) is 4.78. The summed E-state index contributed by atoms with van der Waals surface area (Å²) in [5.41, 5.74) is 0.614. The van der Waals surface area contributed by atoms with Gasteiger partial charge in [0.1, 0.15) is 0 Å². The number of amides is 1. The van der Waals surface area contributed by atoms with Crippen LogP contribution in [0.5, 0.6) is 0 Å². The van der Waals surface area contributed by atoms with Crippen molar-refractivity contribution in [2.24, 2.45) is 5.92 Å². The molecule has 19 heavy (non-hydrogen) atoms. The van der Waals surface area contributed by atoms with E-state index in [4.69, 9.17) is 0 Å². The van der Waals surface area contributed by atoms with Crippen molar-refractivity contribution >= 4 is 27.8 Å². The number of aromatic nitrogens is 2. The van der Waals surface area contributed by atoms with Crippen LogP contribution in [0.4, 0.5) is 5.95 Å². The number of rotatable bonds is 4. The molecule has 0 unspecified atom stereocenters. The van der Waals surface area contributed by atoms with E-state index in [9.17, 15) is 4.79 Å². The zero-order valence-electron chi connectivity index (χ0n) is 10.3. The van der Waals surface area contributed by atoms with E-state index in [1.54, 1.807) is 12.3 Å². The fraction of sp³-hybridized carbons (Fsp3) is 0.286. The third kappa shape index (κ3) is 2.87. The van der Waals surface area contributed by atoms with Gasteiger partial charge in [-0.3, -0.25) is 10.1 Å². The monoisotopic (exact) mass is 319 g/mol. The molecule has 0 radical (unpaired) electrons. The third-order valence-corrected chi connectivity index (χ3v) is 3.90. The minimum Gasteiger partial charge on any atom is -0.317 e. The Balaban J connectivity index is 1.76. The highest BCUT2D eigenvalue weighted by Crippen LogP contribution is 2.31. The van der Waals surface area contributed by atoms with Crippen LogP contribution in [0.15, 0.2) is 41.1 Å². The van der Waals surface area contributed by atoms with Crippen LogP contribution in [0.25, 0.3) is 0 Å². The van der Waals surface area contributed by atoms with Crippen molar-refractivity contribution in [3.8, 4) is 0 Å². The summed E-state index contributed by atoms with van der Waals surface area (Å²) in [6, 6.07) is 7.37. The zero-order valence-corrected chi connectivity index (χ0v) is 11.9. The molecule has 1 aliphatic rings. The van der Waals surface area contributed by atoms with Crippen molar-refractivity contribution in [1.82, 2.24) is 9.55 Å². The van der Waals surface area contributed by atoms with E-state index < -0.39 is 0 Å². The van der Waals surface area contributed by atoms with Gasteiger partial charge in [0, 0.05) is 23.4 Å². The van der Waals surface area contributed by atoms with E-state index in [1.807, 2.05) is 29.0 Å². The van der Waals surface area contributed by atoms with Crippen LogP contribution in [0.3, 0.4) is 0 Å². The molecule has 1 N–H and O–H groups in total. The van der Waals surface area contributed by atoms with E-state index in [0.29, 0.717) is 11.5 Å². The lowest BCUT2D eigenvalue weighted by Gasteiger charge is -2.09. The van der Waals surface area contributed by atoms with Gasteiger partial charge in [-0.05, 0) is 46.8 Å². The summed E-state index contributed by atoms with van der Waals surface area (Å²) in [4.78, 5) is 16.4. The summed E-state index contributed by atoms with van der Waals surface area (Å²) >= 11 is 3.38. The number of benzene rings is 1. The van der Waals surface area contributed by atoms with Gasteiger partial charge in [-0.2, -0.15) is 0 Å². The molecule has 0 aliphatic heterocycles. The first-order valence-corrected chi connectivity index (χ1v) is 7.10. The minimum atomic E-state index is -0.143. The quantitative estimate of drug-likeness (QED) is 0.939. The third-order valence-electron chi connectivity index (χ3n) is 3.21. The highest BCUT2D eigenvalue weighted by molar-refractivity contribution is 9.10. The molecule has 1 aromatic carbocycles. The lowest BCUT2D eigenvalue weighted by molar-refractivity contribution is 0.102. The van der Waals surface area contributed by atoms with Crippen LogP contribution < -0.4 is 5.32 Å². The SMILES string of the molecule is O=C(Nc1nccn1CC1CC1)c1ccccc1Br. The summed E-state index contributed by atoms with van der Waals surface area (Å²) in [5, 5.41) is 2.86. The lowest BCUT2D eigenvalue weighted by Crippen LogP contribution is -2.16. The molecule has 0 atom stereocenters. The maximum atomic E-state index is 12.2. The Labute approximate surface area is 120 Å². The lowest BCUT2D eigenvalue weighted by atomic mass is 10.2. The van der Waals surface area contributed by atoms with Gasteiger partial charge in [0.05, 0.1) is 5.56 Å². The van der Waals surface area contributed by atoms with Gasteiger partial charge in [0.15, 0.2) is 0 Å². The standard InChI is InChI=1S/C14H14BrN3O/c15-12-4-2-1-3-11(12)13(19)17-14-16-7-8-18(14)9-10-5-6-10/h1-4,7-8,10H,5-6,9H2,(H,16,17,19). The fourth-order valence-corrected chi connectivity index (χ4v) is 2.44. The molecular formula is C14H14BrN3O. The molecule has 0 bridgehead atoms. The summed E-state index contributed by atoms with van der Waals surface area (Å²) < 4.78 is 2.79. The minimum absolute atomic E-state index is 0.143. The molecule has 1 aromatic heterocycles. The largest absolute Gasteiger partial charge is 0.317 e. The Hall–Kier alpha value is -1.62. The molecule has 2 aromatic rings. The molecule has 1 amide bonds. The average Bonchev–Trinajstić information content (AvgIpc) is 3.11. The number of nitrogens with one attached hydrogen (secondary N) is 1. The number of nitrogens with zero attached hydrogens (tertiary/aromatic N) is 2. The topological polar surface area (TPSA) is 46.9 Å². The first-order valence-electron chi connectivity index (χ1n) is 6.31. The van der Waals surface area contributed by atoms with Gasteiger partial charge in [0.25, 0.3) is 5.91 Å². The van der Waals surface area contributed by atoms with Crippen molar-refractivity contribution in [2.75, 3.05) is 5.32 Å². The molecule has 1 heterocycles. The molecule has 98 valence electrons. The molecule has 1 saturated carbocycles. The number of hydrogen-bond acceptors (Lipinski definition) is 2. The van der Waals surface area contributed by atoms with Gasteiger partial charge < -0.3 is 4.57 Å². The van der Waals surface area contributed by atoms with Crippen molar-refractivity contribution < 1.29 is 4.79 Å². The first kappa shape index (κ1) is 12.4. The molecule has 5 heteroatoms. The van der Waals surface area contributed by atoms with Gasteiger partial charge in [-0.25, -0.2) is 4.98 Å². The Bertz CT molecular complexity index is 604. The highest BCUT2D eigenvalue weighted by atomic mass is 79.9. The van der Waals surface area contributed by atoms with E-state index in [1.165, 1.54) is 12.8 Å². The van der Waals surface area contributed by atoms with Gasteiger partial charge >= 0.3 is 0 Å². The Kier molecular flexibility index (Phi) is 3.38. The number of carbonyl (C=O) groups is 1. The molecule has 0 saturated heterocycles. The maximum Gasteiger partial charge on any atom is 0.259 e. The Morgan fingerprint density at radius 3 is 2.95 bits per heavy atom. The van der Waals surface area contributed by atoms with Crippen molar-refractivity contribution in [3.63, 3.8) is 0 Å². The van der Waals surface area contributed by atoms with E-state index in [-0.39, 0.29) is 5.91 Å². The Morgan fingerprint density at radius 1 is 1.42 bits per heavy atom. The van der Waals surface area contributed by atoms with Gasteiger partial charge in [0.2, 0.25) is 5.95 Å². The number of hydrogen-bond donors (Lipinski definition) is 1. The fourth-order valence-electron chi connectivity index (χ4n) is 1.97. The van der Waals surface area contributed by atoms with Crippen LogP contribution in [0, 0.1) is 5.92 Å². The molecule has 4 nitrogen and oxygen atoms in total. The number of imidazole rings is 1. The summed E-state index contributed by atoms with van der Waals surface area (Å²) in [7, 11) is 0. The van der Waals surface area contributed by atoms with Crippen LogP contribution in [-0.4, -0.2) is 15.5 Å². The average molecular weight is 320 g/mol. The predicted octanol–water partition coefficient (Wildman–Crippen LogP) is 3.31. The second kappa shape index (κ2) is 5.17. The number of anilines is 1. The zero-order chi connectivity index (χ0) is 13.2. The van der Waals surface area contributed by atoms with Crippen LogP contribution in [-0.2, 0) is 6.54 Å². The molecule has 1 aliphatic carbocycles. The van der Waals surface area contributed by atoms with Crippen molar-refractivity contribution in [1.29, 1.82) is 0 Å². The molecule has 3 rings (SSSR count). The van der Waals surface area contributed by atoms with Gasteiger partial charge in [-0.15, -0.1) is 0 Å². The second-order valence-corrected chi connectivity index (χ2v) is 5.63. The predicted molar refractivity (Wildman–Crippen MR) is 77.0 cm³/mol. The smallest absolute Gasteiger partial charge is 0.259 e. The molecule has 1 fully saturated rings. The first-order chi connectivity index (χ1) is 9.24. The summed E-state index contributed by atoms with van der Waals surface area (Å²) in [5.74, 6) is 1.22. The van der Waals surface area contributed by atoms with E-state index >= 15 is 0 Å². The highest BCUT2D eigenvalue weighted by Gasteiger charge is 2.23. The Morgan fingerprint density at radius 2 is 2.21 bits per heavy atom. The number of halogens is 1. The van der Waals surface area contributed by atoms with E-state index in [2.05, 4.69) is 26.2 Å². The normalized spacial score (nSPS) is 14.4. The van der Waals surface area contributed by atoms with Crippen LogP contribution >= 0.6 is 15.9 Å². The summed E-state index contributed by atoms with van der Waals surface area (Å²) in [6.07, 6.45) is 6.18. The van der Waals surface area contributed by atoms with Crippen molar-refractivity contribution in [3.05, 3.63) is 46.7 Å². The van der Waals surface area contributed by atoms with Gasteiger partial charge in [-0.1, -0.05) is 12.1 Å². The molecular weight excluding hydrogens is 306 g/mol. The van der Waals surface area contributed by atoms with Crippen LogP contribution in [0.1, 0.15) is 23.2 Å². The van der Waals surface area contributed by atoms with Crippen LogP contribution in [0.2, 0.25) is 0 Å².